The van der Waals surface area contributed by atoms with Gasteiger partial charge in [-0.2, -0.15) is 0 Å². The molecule has 0 atom stereocenters. The maximum atomic E-state index is 11.5. The summed E-state index contributed by atoms with van der Waals surface area (Å²) in [6, 6.07) is 8.19. The van der Waals surface area contributed by atoms with E-state index in [-0.39, 0.29) is 0 Å². The number of carbonyl (C=O) groups is 1. The molecule has 2 aromatic rings. The van der Waals surface area contributed by atoms with E-state index in [4.69, 9.17) is 4.98 Å². The summed E-state index contributed by atoms with van der Waals surface area (Å²) < 4.78 is 0. The number of hydrogen-bond acceptors (Lipinski definition) is 3. The molecule has 0 amide bonds. The molecule has 1 aliphatic rings. The molecule has 1 saturated carbocycles. The number of aryl methyl sites for hydroxylation is 1. The maximum absolute atomic E-state index is 11.5. The van der Waals surface area contributed by atoms with E-state index in [1.165, 1.54) is 31.2 Å². The fraction of sp³-hybridized carbons (Fsp3) is 0.474. The average molecular weight is 296 g/mol. The number of aromatic nitrogens is 1. The van der Waals surface area contributed by atoms with Crippen LogP contribution in [0.5, 0.6) is 0 Å². The molecule has 0 spiro atoms. The number of nitrogens with zero attached hydrogens (tertiary/aromatic N) is 2. The Morgan fingerprint density at radius 2 is 2.05 bits per heavy atom. The Hall–Kier alpha value is -1.90. The largest absolute Gasteiger partial charge is 0.356 e. The summed E-state index contributed by atoms with van der Waals surface area (Å²) in [5.41, 5.74) is 2.87. The fourth-order valence-corrected chi connectivity index (χ4v) is 3.51. The zero-order valence-electron chi connectivity index (χ0n) is 13.5. The Balaban J connectivity index is 1.99. The second-order valence-corrected chi connectivity index (χ2v) is 6.40. The highest BCUT2D eigenvalue weighted by Gasteiger charge is 2.20. The van der Waals surface area contributed by atoms with Crippen molar-refractivity contribution in [1.82, 2.24) is 4.98 Å². The van der Waals surface area contributed by atoms with Crippen LogP contribution in [0.25, 0.3) is 10.9 Å². The van der Waals surface area contributed by atoms with E-state index in [0.717, 1.165) is 42.0 Å². The molecule has 3 nitrogen and oxygen atoms in total. The van der Waals surface area contributed by atoms with Gasteiger partial charge in [-0.15, -0.1) is 0 Å². The first kappa shape index (κ1) is 15.0. The lowest BCUT2D eigenvalue weighted by Gasteiger charge is -2.26. The number of pyridine rings is 1. The van der Waals surface area contributed by atoms with Crippen molar-refractivity contribution < 1.29 is 4.79 Å². The predicted octanol–water partition coefficient (Wildman–Crippen LogP) is 4.37. The van der Waals surface area contributed by atoms with E-state index < -0.39 is 0 Å². The van der Waals surface area contributed by atoms with Gasteiger partial charge in [-0.25, -0.2) is 4.98 Å². The SMILES string of the molecule is CCN(CC1CCCC1)c1nc2ccc(C)cc2cc1C=O. The Kier molecular flexibility index (Phi) is 4.41. The minimum atomic E-state index is 0.706. The standard InChI is InChI=1S/C19H24N2O/c1-3-21(12-15-6-4-5-7-15)19-17(13-22)11-16-10-14(2)8-9-18(16)20-19/h8-11,13,15H,3-7,12H2,1-2H3. The van der Waals surface area contributed by atoms with Crippen molar-refractivity contribution in [1.29, 1.82) is 0 Å². The van der Waals surface area contributed by atoms with Gasteiger partial charge in [0.2, 0.25) is 0 Å². The highest BCUT2D eigenvalue weighted by molar-refractivity contribution is 5.92. The fourth-order valence-electron chi connectivity index (χ4n) is 3.51. The van der Waals surface area contributed by atoms with Crippen molar-refractivity contribution in [2.45, 2.75) is 39.5 Å². The minimum Gasteiger partial charge on any atom is -0.356 e. The van der Waals surface area contributed by atoms with Crippen molar-refractivity contribution in [3.05, 3.63) is 35.4 Å². The number of rotatable bonds is 5. The molecule has 1 heterocycles. The van der Waals surface area contributed by atoms with Gasteiger partial charge in [0.05, 0.1) is 11.1 Å². The number of anilines is 1. The zero-order chi connectivity index (χ0) is 15.5. The molecule has 1 aromatic carbocycles. The maximum Gasteiger partial charge on any atom is 0.153 e. The first-order valence-corrected chi connectivity index (χ1v) is 8.32. The van der Waals surface area contributed by atoms with Crippen LogP contribution in [0.2, 0.25) is 0 Å². The smallest absolute Gasteiger partial charge is 0.153 e. The predicted molar refractivity (Wildman–Crippen MR) is 91.7 cm³/mol. The molecule has 116 valence electrons. The van der Waals surface area contributed by atoms with Gasteiger partial charge in [0.15, 0.2) is 6.29 Å². The first-order valence-electron chi connectivity index (χ1n) is 8.32. The number of aldehydes is 1. The number of carbonyl (C=O) groups excluding carboxylic acids is 1. The highest BCUT2D eigenvalue weighted by Crippen LogP contribution is 2.29. The normalized spacial score (nSPS) is 15.4. The summed E-state index contributed by atoms with van der Waals surface area (Å²) in [4.78, 5) is 18.6. The lowest BCUT2D eigenvalue weighted by atomic mass is 10.1. The quantitative estimate of drug-likeness (QED) is 0.768. The van der Waals surface area contributed by atoms with Crippen molar-refractivity contribution in [3.63, 3.8) is 0 Å². The third kappa shape index (κ3) is 2.99. The minimum absolute atomic E-state index is 0.706. The monoisotopic (exact) mass is 296 g/mol. The van der Waals surface area contributed by atoms with E-state index in [9.17, 15) is 4.79 Å². The van der Waals surface area contributed by atoms with Gasteiger partial charge in [-0.3, -0.25) is 4.79 Å². The van der Waals surface area contributed by atoms with Crippen LogP contribution in [-0.4, -0.2) is 24.4 Å². The summed E-state index contributed by atoms with van der Waals surface area (Å²) in [5.74, 6) is 1.59. The van der Waals surface area contributed by atoms with Crippen molar-refractivity contribution in [2.75, 3.05) is 18.0 Å². The molecule has 0 N–H and O–H groups in total. The zero-order valence-corrected chi connectivity index (χ0v) is 13.5. The molecule has 0 saturated heterocycles. The number of benzene rings is 1. The summed E-state index contributed by atoms with van der Waals surface area (Å²) in [6.07, 6.45) is 6.24. The number of fused-ring (bicyclic) bond motifs is 1. The first-order chi connectivity index (χ1) is 10.7. The van der Waals surface area contributed by atoms with Crippen LogP contribution in [0.1, 0.15) is 48.5 Å². The van der Waals surface area contributed by atoms with Crippen molar-refractivity contribution in [2.24, 2.45) is 5.92 Å². The van der Waals surface area contributed by atoms with Crippen LogP contribution in [0.3, 0.4) is 0 Å². The van der Waals surface area contributed by atoms with E-state index in [0.29, 0.717) is 5.56 Å². The van der Waals surface area contributed by atoms with E-state index in [1.54, 1.807) is 0 Å². The van der Waals surface area contributed by atoms with Crippen molar-refractivity contribution >= 4 is 23.0 Å². The average Bonchev–Trinajstić information content (AvgIpc) is 3.04. The molecule has 1 aromatic heterocycles. The molecular formula is C19H24N2O. The molecule has 1 fully saturated rings. The van der Waals surface area contributed by atoms with Crippen LogP contribution in [0.4, 0.5) is 5.82 Å². The van der Waals surface area contributed by atoms with Gasteiger partial charge in [-0.05, 0) is 50.8 Å². The van der Waals surface area contributed by atoms with Gasteiger partial charge in [-0.1, -0.05) is 24.5 Å². The molecule has 1 aliphatic carbocycles. The van der Waals surface area contributed by atoms with Gasteiger partial charge >= 0.3 is 0 Å². The Morgan fingerprint density at radius 1 is 1.27 bits per heavy atom. The second kappa shape index (κ2) is 6.47. The lowest BCUT2D eigenvalue weighted by molar-refractivity contribution is 0.112. The third-order valence-corrected chi connectivity index (χ3v) is 4.74. The summed E-state index contributed by atoms with van der Waals surface area (Å²) >= 11 is 0. The highest BCUT2D eigenvalue weighted by atomic mass is 16.1. The topological polar surface area (TPSA) is 33.2 Å². The molecule has 3 heteroatoms. The van der Waals surface area contributed by atoms with Gasteiger partial charge < -0.3 is 4.90 Å². The van der Waals surface area contributed by atoms with Crippen LogP contribution in [0.15, 0.2) is 24.3 Å². The molecule has 0 aliphatic heterocycles. The molecular weight excluding hydrogens is 272 g/mol. The summed E-state index contributed by atoms with van der Waals surface area (Å²) in [5, 5.41) is 1.04. The van der Waals surface area contributed by atoms with Gasteiger partial charge in [0.1, 0.15) is 5.82 Å². The van der Waals surface area contributed by atoms with Crippen molar-refractivity contribution in [3.8, 4) is 0 Å². The van der Waals surface area contributed by atoms with Crippen LogP contribution >= 0.6 is 0 Å². The number of hydrogen-bond donors (Lipinski definition) is 0. The lowest BCUT2D eigenvalue weighted by Crippen LogP contribution is -2.30. The third-order valence-electron chi connectivity index (χ3n) is 4.74. The van der Waals surface area contributed by atoms with Crippen LogP contribution in [-0.2, 0) is 0 Å². The van der Waals surface area contributed by atoms with E-state index in [1.807, 2.05) is 12.1 Å². The molecule has 22 heavy (non-hydrogen) atoms. The van der Waals surface area contributed by atoms with E-state index >= 15 is 0 Å². The van der Waals surface area contributed by atoms with Gasteiger partial charge in [0.25, 0.3) is 0 Å². The Bertz CT molecular complexity index is 674. The molecule has 0 bridgehead atoms. The van der Waals surface area contributed by atoms with Gasteiger partial charge in [0, 0.05) is 18.5 Å². The van der Waals surface area contributed by atoms with Crippen LogP contribution < -0.4 is 4.90 Å². The molecule has 0 radical (unpaired) electrons. The summed E-state index contributed by atoms with van der Waals surface area (Å²) in [7, 11) is 0. The summed E-state index contributed by atoms with van der Waals surface area (Å²) in [6.45, 7) is 6.11. The Morgan fingerprint density at radius 3 is 2.73 bits per heavy atom. The van der Waals surface area contributed by atoms with E-state index in [2.05, 4.69) is 30.9 Å². The Labute approximate surface area is 132 Å². The molecule has 3 rings (SSSR count). The second-order valence-electron chi connectivity index (χ2n) is 6.40. The van der Waals surface area contributed by atoms with Crippen LogP contribution in [0, 0.1) is 12.8 Å². The molecule has 0 unspecified atom stereocenters.